The molecule has 0 unspecified atom stereocenters. The zero-order valence-electron chi connectivity index (χ0n) is 15.5. The van der Waals surface area contributed by atoms with Crippen LogP contribution in [0.15, 0.2) is 48.0 Å². The molecule has 0 aliphatic carbocycles. The van der Waals surface area contributed by atoms with Gasteiger partial charge in [0.15, 0.2) is 0 Å². The summed E-state index contributed by atoms with van der Waals surface area (Å²) in [7, 11) is 1.38. The predicted molar refractivity (Wildman–Crippen MR) is 104 cm³/mol. The molecule has 8 heteroatoms. The first-order valence-electron chi connectivity index (χ1n) is 8.47. The number of nitrogens with one attached hydrogen (secondary N) is 1. The van der Waals surface area contributed by atoms with Crippen LogP contribution in [0.5, 0.6) is 11.5 Å². The van der Waals surface area contributed by atoms with Crippen molar-refractivity contribution in [3.05, 3.63) is 63.7 Å². The van der Waals surface area contributed by atoms with Crippen molar-refractivity contribution < 1.29 is 19.2 Å². The molecule has 28 heavy (non-hydrogen) atoms. The molecule has 2 aromatic carbocycles. The van der Waals surface area contributed by atoms with Crippen molar-refractivity contribution in [3.8, 4) is 17.6 Å². The van der Waals surface area contributed by atoms with Crippen LogP contribution in [0.1, 0.15) is 18.9 Å². The van der Waals surface area contributed by atoms with Gasteiger partial charge in [0.1, 0.15) is 28.8 Å². The zero-order chi connectivity index (χ0) is 20.5. The molecule has 1 amide bonds. The van der Waals surface area contributed by atoms with E-state index >= 15 is 0 Å². The van der Waals surface area contributed by atoms with E-state index in [0.29, 0.717) is 17.9 Å². The monoisotopic (exact) mass is 381 g/mol. The van der Waals surface area contributed by atoms with Crippen LogP contribution in [0.4, 0.5) is 11.4 Å². The molecule has 0 spiro atoms. The lowest BCUT2D eigenvalue weighted by Gasteiger charge is -2.07. The summed E-state index contributed by atoms with van der Waals surface area (Å²) >= 11 is 0. The highest BCUT2D eigenvalue weighted by molar-refractivity contribution is 6.10. The molecule has 8 nitrogen and oxygen atoms in total. The number of nitriles is 1. The Kier molecular flexibility index (Phi) is 7.11. The van der Waals surface area contributed by atoms with Crippen LogP contribution in [0.2, 0.25) is 0 Å². The molecule has 0 saturated carbocycles. The number of amides is 1. The van der Waals surface area contributed by atoms with E-state index in [1.54, 1.807) is 24.3 Å². The van der Waals surface area contributed by atoms with Crippen LogP contribution < -0.4 is 14.8 Å². The second-order valence-electron chi connectivity index (χ2n) is 5.68. The van der Waals surface area contributed by atoms with Crippen LogP contribution >= 0.6 is 0 Å². The predicted octanol–water partition coefficient (Wildman–Crippen LogP) is 3.94. The number of hydrogen-bond donors (Lipinski definition) is 1. The number of rotatable bonds is 8. The Morgan fingerprint density at radius 3 is 2.50 bits per heavy atom. The third-order valence-corrected chi connectivity index (χ3v) is 3.68. The van der Waals surface area contributed by atoms with Crippen molar-refractivity contribution in [3.63, 3.8) is 0 Å². The highest BCUT2D eigenvalue weighted by Gasteiger charge is 2.19. The number of nitrogens with zero attached hydrogens (tertiary/aromatic N) is 2. The maximum absolute atomic E-state index is 12.4. The fourth-order valence-electron chi connectivity index (χ4n) is 2.28. The molecule has 0 aliphatic rings. The Bertz CT molecular complexity index is 930. The number of nitro benzene ring substituents is 1. The molecule has 0 fully saturated rings. The Balaban J connectivity index is 2.21. The number of ether oxygens (including phenoxy) is 2. The van der Waals surface area contributed by atoms with Crippen LogP contribution in [0, 0.1) is 21.4 Å². The van der Waals surface area contributed by atoms with Gasteiger partial charge in [-0.05, 0) is 42.3 Å². The number of carbonyl (C=O) groups is 1. The van der Waals surface area contributed by atoms with Gasteiger partial charge in [0.25, 0.3) is 11.6 Å². The lowest BCUT2D eigenvalue weighted by Crippen LogP contribution is -2.14. The number of carbonyl (C=O) groups excluding carboxylic acids is 1. The van der Waals surface area contributed by atoms with Crippen molar-refractivity contribution in [2.75, 3.05) is 19.0 Å². The lowest BCUT2D eigenvalue weighted by molar-refractivity contribution is -0.384. The van der Waals surface area contributed by atoms with Crippen molar-refractivity contribution in [2.45, 2.75) is 13.3 Å². The van der Waals surface area contributed by atoms with Gasteiger partial charge in [-0.25, -0.2) is 0 Å². The smallest absolute Gasteiger partial charge is 0.296 e. The maximum atomic E-state index is 12.4. The molecule has 0 bridgehead atoms. The highest BCUT2D eigenvalue weighted by atomic mass is 16.6. The summed E-state index contributed by atoms with van der Waals surface area (Å²) in [4.78, 5) is 23.0. The van der Waals surface area contributed by atoms with Crippen molar-refractivity contribution in [1.29, 1.82) is 5.26 Å². The van der Waals surface area contributed by atoms with Crippen molar-refractivity contribution >= 4 is 23.4 Å². The molecule has 0 atom stereocenters. The molecule has 2 rings (SSSR count). The SMILES string of the molecule is CCCOc1ccc(/C=C(\C#N)C(=O)Nc2ccc(OC)cc2[N+](=O)[O-])cc1. The van der Waals surface area contributed by atoms with Crippen LogP contribution in [0.25, 0.3) is 6.08 Å². The molecule has 0 aliphatic heterocycles. The number of nitro groups is 1. The number of hydrogen-bond acceptors (Lipinski definition) is 6. The van der Waals surface area contributed by atoms with Gasteiger partial charge >= 0.3 is 0 Å². The summed E-state index contributed by atoms with van der Waals surface area (Å²) in [5, 5.41) is 22.9. The van der Waals surface area contributed by atoms with Crippen LogP contribution in [-0.4, -0.2) is 24.5 Å². The molecule has 144 valence electrons. The van der Waals surface area contributed by atoms with Gasteiger partial charge in [-0.1, -0.05) is 19.1 Å². The van der Waals surface area contributed by atoms with Gasteiger partial charge in [0.2, 0.25) is 0 Å². The quantitative estimate of drug-likeness (QED) is 0.321. The fraction of sp³-hybridized carbons (Fsp3) is 0.200. The summed E-state index contributed by atoms with van der Waals surface area (Å²) in [6.45, 7) is 2.60. The van der Waals surface area contributed by atoms with Gasteiger partial charge in [0.05, 0.1) is 24.7 Å². The van der Waals surface area contributed by atoms with Gasteiger partial charge in [0, 0.05) is 0 Å². The summed E-state index contributed by atoms with van der Waals surface area (Å²) in [5.74, 6) is 0.226. The molecular weight excluding hydrogens is 362 g/mol. The van der Waals surface area contributed by atoms with E-state index in [-0.39, 0.29) is 22.7 Å². The topological polar surface area (TPSA) is 114 Å². The van der Waals surface area contributed by atoms with Gasteiger partial charge in [-0.15, -0.1) is 0 Å². The number of anilines is 1. The normalized spacial score (nSPS) is 10.7. The largest absolute Gasteiger partial charge is 0.496 e. The van der Waals surface area contributed by atoms with E-state index in [0.717, 1.165) is 6.42 Å². The van der Waals surface area contributed by atoms with Crippen molar-refractivity contribution in [2.24, 2.45) is 0 Å². The first-order valence-corrected chi connectivity index (χ1v) is 8.47. The Morgan fingerprint density at radius 2 is 1.93 bits per heavy atom. The average molecular weight is 381 g/mol. The van der Waals surface area contributed by atoms with Crippen LogP contribution in [0.3, 0.4) is 0 Å². The zero-order valence-corrected chi connectivity index (χ0v) is 15.5. The molecule has 0 aromatic heterocycles. The third kappa shape index (κ3) is 5.32. The summed E-state index contributed by atoms with van der Waals surface area (Å²) < 4.78 is 10.4. The first kappa shape index (κ1) is 20.5. The maximum Gasteiger partial charge on any atom is 0.296 e. The van der Waals surface area contributed by atoms with E-state index < -0.39 is 10.8 Å². The average Bonchev–Trinajstić information content (AvgIpc) is 2.71. The van der Waals surface area contributed by atoms with Gasteiger partial charge in [-0.2, -0.15) is 5.26 Å². The molecule has 0 radical (unpaired) electrons. The minimum atomic E-state index is -0.748. The minimum absolute atomic E-state index is 0.0275. The second-order valence-corrected chi connectivity index (χ2v) is 5.68. The fourth-order valence-corrected chi connectivity index (χ4v) is 2.28. The Morgan fingerprint density at radius 1 is 1.25 bits per heavy atom. The third-order valence-electron chi connectivity index (χ3n) is 3.68. The molecule has 2 aromatic rings. The Labute approximate surface area is 162 Å². The molecule has 1 N–H and O–H groups in total. The second kappa shape index (κ2) is 9.73. The molecule has 0 saturated heterocycles. The van der Waals surface area contributed by atoms with E-state index in [2.05, 4.69) is 5.32 Å². The first-order chi connectivity index (χ1) is 13.5. The lowest BCUT2D eigenvalue weighted by atomic mass is 10.1. The van der Waals surface area contributed by atoms with Crippen molar-refractivity contribution in [1.82, 2.24) is 0 Å². The van der Waals surface area contributed by atoms with E-state index in [1.165, 1.54) is 31.4 Å². The molecular formula is C20H19N3O5. The summed E-state index contributed by atoms with van der Waals surface area (Å²) in [5.41, 5.74) is 0.0785. The number of benzene rings is 2. The van der Waals surface area contributed by atoms with Crippen LogP contribution in [-0.2, 0) is 4.79 Å². The number of methoxy groups -OCH3 is 1. The standard InChI is InChI=1S/C20H19N3O5/c1-3-10-28-16-6-4-14(5-7-16)11-15(13-21)20(24)22-18-9-8-17(27-2)12-19(18)23(25)26/h4-9,11-12H,3,10H2,1-2H3,(H,22,24)/b15-11+. The Hall–Kier alpha value is -3.86. The van der Waals surface area contributed by atoms with E-state index in [4.69, 9.17) is 9.47 Å². The summed E-state index contributed by atoms with van der Waals surface area (Å²) in [6.07, 6.45) is 2.28. The molecule has 0 heterocycles. The van der Waals surface area contributed by atoms with E-state index in [1.807, 2.05) is 13.0 Å². The van der Waals surface area contributed by atoms with Gasteiger partial charge < -0.3 is 14.8 Å². The van der Waals surface area contributed by atoms with Gasteiger partial charge in [-0.3, -0.25) is 14.9 Å². The highest BCUT2D eigenvalue weighted by Crippen LogP contribution is 2.29. The van der Waals surface area contributed by atoms with E-state index in [9.17, 15) is 20.2 Å². The summed E-state index contributed by atoms with van der Waals surface area (Å²) in [6, 6.07) is 12.7. The minimum Gasteiger partial charge on any atom is -0.496 e.